The second-order valence-corrected chi connectivity index (χ2v) is 4.01. The molecule has 0 amide bonds. The molecule has 13 heavy (non-hydrogen) atoms. The molecule has 70 valence electrons. The third-order valence-corrected chi connectivity index (χ3v) is 3.27. The minimum atomic E-state index is -0.735. The molecule has 1 aromatic heterocycles. The van der Waals surface area contributed by atoms with Crippen LogP contribution in [-0.4, -0.2) is 11.1 Å². The number of fused-ring (bicyclic) bond motifs is 1. The lowest BCUT2D eigenvalue weighted by Crippen LogP contribution is -1.97. The molecule has 0 saturated heterocycles. The van der Waals surface area contributed by atoms with E-state index in [2.05, 4.69) is 5.38 Å². The first kappa shape index (κ1) is 8.72. The van der Waals surface area contributed by atoms with Gasteiger partial charge in [0.05, 0.1) is 19.6 Å². The molecule has 0 atom stereocenters. The van der Waals surface area contributed by atoms with Crippen LogP contribution in [0.3, 0.4) is 0 Å². The van der Waals surface area contributed by atoms with Gasteiger partial charge in [0.15, 0.2) is 0 Å². The lowest BCUT2D eigenvalue weighted by molar-refractivity contribution is -0.136. The number of rotatable bonds is 3. The molecule has 1 aliphatic heterocycles. The molecule has 2 heterocycles. The van der Waals surface area contributed by atoms with Crippen molar-refractivity contribution in [3.8, 4) is 0 Å². The molecule has 0 radical (unpaired) electrons. The van der Waals surface area contributed by atoms with Crippen LogP contribution in [0.5, 0.6) is 0 Å². The summed E-state index contributed by atoms with van der Waals surface area (Å²) in [5.41, 5.74) is 2.47. The minimum Gasteiger partial charge on any atom is -0.481 e. The van der Waals surface area contributed by atoms with E-state index >= 15 is 0 Å². The van der Waals surface area contributed by atoms with E-state index in [-0.39, 0.29) is 6.42 Å². The second-order valence-electron chi connectivity index (χ2n) is 3.05. The van der Waals surface area contributed by atoms with E-state index < -0.39 is 5.97 Å². The maximum atomic E-state index is 10.4. The molecular weight excluding hydrogens is 188 g/mol. The fourth-order valence-corrected chi connectivity index (χ4v) is 2.50. The van der Waals surface area contributed by atoms with Crippen molar-refractivity contribution in [1.82, 2.24) is 0 Å². The SMILES string of the molecule is O=C(O)CCc1scc2c1COC2. The fraction of sp³-hybridized carbons (Fsp3) is 0.444. The van der Waals surface area contributed by atoms with Crippen LogP contribution in [0.15, 0.2) is 5.38 Å². The topological polar surface area (TPSA) is 46.5 Å². The second kappa shape index (κ2) is 3.47. The van der Waals surface area contributed by atoms with Crippen LogP contribution in [0.2, 0.25) is 0 Å². The Kier molecular flexibility index (Phi) is 2.33. The Balaban J connectivity index is 2.08. The van der Waals surface area contributed by atoms with E-state index in [1.54, 1.807) is 11.3 Å². The molecule has 0 aromatic carbocycles. The monoisotopic (exact) mass is 198 g/mol. The van der Waals surface area contributed by atoms with E-state index in [1.807, 2.05) is 0 Å². The number of aliphatic carboxylic acids is 1. The van der Waals surface area contributed by atoms with Crippen LogP contribution >= 0.6 is 11.3 Å². The van der Waals surface area contributed by atoms with E-state index in [9.17, 15) is 4.79 Å². The third kappa shape index (κ3) is 1.73. The largest absolute Gasteiger partial charge is 0.481 e. The van der Waals surface area contributed by atoms with Gasteiger partial charge in [0.1, 0.15) is 0 Å². The number of carbonyl (C=O) groups is 1. The lowest BCUT2D eigenvalue weighted by atomic mass is 10.1. The van der Waals surface area contributed by atoms with Gasteiger partial charge in [-0.25, -0.2) is 0 Å². The lowest BCUT2D eigenvalue weighted by Gasteiger charge is -1.96. The number of carboxylic acid groups (broad SMARTS) is 1. The first-order valence-corrected chi connectivity index (χ1v) is 5.03. The first-order chi connectivity index (χ1) is 6.27. The van der Waals surface area contributed by atoms with Crippen LogP contribution in [0.1, 0.15) is 22.4 Å². The van der Waals surface area contributed by atoms with Crippen LogP contribution < -0.4 is 0 Å². The van der Waals surface area contributed by atoms with E-state index in [0.717, 1.165) is 0 Å². The zero-order chi connectivity index (χ0) is 9.26. The molecule has 0 unspecified atom stereocenters. The highest BCUT2D eigenvalue weighted by Gasteiger charge is 2.17. The number of aryl methyl sites for hydroxylation is 1. The van der Waals surface area contributed by atoms with Crippen molar-refractivity contribution in [2.45, 2.75) is 26.1 Å². The van der Waals surface area contributed by atoms with E-state index in [1.165, 1.54) is 16.0 Å². The molecule has 0 fully saturated rings. The van der Waals surface area contributed by atoms with Gasteiger partial charge in [0.2, 0.25) is 0 Å². The molecule has 0 aliphatic carbocycles. The zero-order valence-electron chi connectivity index (χ0n) is 7.08. The van der Waals surface area contributed by atoms with Crippen LogP contribution in [-0.2, 0) is 29.2 Å². The molecule has 1 aromatic rings. The predicted molar refractivity (Wildman–Crippen MR) is 48.8 cm³/mol. The Bertz CT molecular complexity index is 330. The van der Waals surface area contributed by atoms with Gasteiger partial charge in [-0.1, -0.05) is 0 Å². The van der Waals surface area contributed by atoms with Crippen molar-refractivity contribution >= 4 is 17.3 Å². The number of ether oxygens (including phenoxy) is 1. The normalized spacial score (nSPS) is 14.5. The maximum absolute atomic E-state index is 10.4. The molecule has 0 saturated carbocycles. The third-order valence-electron chi connectivity index (χ3n) is 2.14. The Morgan fingerprint density at radius 1 is 1.62 bits per heavy atom. The highest BCUT2D eigenvalue weighted by atomic mass is 32.1. The molecule has 2 rings (SSSR count). The average Bonchev–Trinajstić information content (AvgIpc) is 2.60. The van der Waals surface area contributed by atoms with Crippen LogP contribution in [0.4, 0.5) is 0 Å². The standard InChI is InChI=1S/C9H10O3S/c10-9(11)2-1-8-7-4-12-3-6(7)5-13-8/h5H,1-4H2,(H,10,11). The van der Waals surface area contributed by atoms with Crippen LogP contribution in [0.25, 0.3) is 0 Å². The van der Waals surface area contributed by atoms with Gasteiger partial charge < -0.3 is 9.84 Å². The molecule has 1 aliphatic rings. The van der Waals surface area contributed by atoms with Gasteiger partial charge in [-0.3, -0.25) is 4.79 Å². The molecule has 0 bridgehead atoms. The summed E-state index contributed by atoms with van der Waals surface area (Å²) in [6.07, 6.45) is 0.853. The smallest absolute Gasteiger partial charge is 0.303 e. The molecule has 1 N–H and O–H groups in total. The Labute approximate surface area is 80.0 Å². The van der Waals surface area contributed by atoms with Crippen molar-refractivity contribution in [3.63, 3.8) is 0 Å². The summed E-state index contributed by atoms with van der Waals surface area (Å²) in [6, 6.07) is 0. The van der Waals surface area contributed by atoms with Gasteiger partial charge in [0, 0.05) is 4.88 Å². The van der Waals surface area contributed by atoms with Crippen molar-refractivity contribution < 1.29 is 14.6 Å². The van der Waals surface area contributed by atoms with Crippen molar-refractivity contribution in [1.29, 1.82) is 0 Å². The number of carboxylic acids is 1. The molecule has 4 heteroatoms. The quantitative estimate of drug-likeness (QED) is 0.805. The summed E-state index contributed by atoms with van der Waals surface area (Å²) in [5, 5.41) is 10.6. The summed E-state index contributed by atoms with van der Waals surface area (Å²) in [6.45, 7) is 1.35. The van der Waals surface area contributed by atoms with Crippen molar-refractivity contribution in [3.05, 3.63) is 21.4 Å². The van der Waals surface area contributed by atoms with Gasteiger partial charge in [-0.2, -0.15) is 0 Å². The van der Waals surface area contributed by atoms with Gasteiger partial charge in [-0.15, -0.1) is 11.3 Å². The summed E-state index contributed by atoms with van der Waals surface area (Å²) in [5.74, 6) is -0.735. The highest BCUT2D eigenvalue weighted by molar-refractivity contribution is 7.10. The van der Waals surface area contributed by atoms with E-state index in [4.69, 9.17) is 9.84 Å². The highest BCUT2D eigenvalue weighted by Crippen LogP contribution is 2.29. The number of thiophene rings is 1. The predicted octanol–water partition coefficient (Wildman–Crippen LogP) is 1.80. The molecule has 0 spiro atoms. The van der Waals surface area contributed by atoms with Crippen LogP contribution in [0, 0.1) is 0 Å². The van der Waals surface area contributed by atoms with Gasteiger partial charge >= 0.3 is 5.97 Å². The van der Waals surface area contributed by atoms with Gasteiger partial charge in [-0.05, 0) is 22.9 Å². The summed E-state index contributed by atoms with van der Waals surface area (Å²) in [4.78, 5) is 11.5. The fourth-order valence-electron chi connectivity index (χ4n) is 1.45. The maximum Gasteiger partial charge on any atom is 0.303 e. The Hall–Kier alpha value is -0.870. The summed E-state index contributed by atoms with van der Waals surface area (Å²) in [7, 11) is 0. The molecule has 3 nitrogen and oxygen atoms in total. The van der Waals surface area contributed by atoms with Crippen molar-refractivity contribution in [2.24, 2.45) is 0 Å². The molecular formula is C9H10O3S. The average molecular weight is 198 g/mol. The van der Waals surface area contributed by atoms with Gasteiger partial charge in [0.25, 0.3) is 0 Å². The Morgan fingerprint density at radius 2 is 2.46 bits per heavy atom. The number of hydrogen-bond acceptors (Lipinski definition) is 3. The zero-order valence-corrected chi connectivity index (χ0v) is 7.89. The summed E-state index contributed by atoms with van der Waals surface area (Å²) >= 11 is 1.65. The van der Waals surface area contributed by atoms with E-state index in [0.29, 0.717) is 19.6 Å². The first-order valence-electron chi connectivity index (χ1n) is 4.15. The number of hydrogen-bond donors (Lipinski definition) is 1. The minimum absolute atomic E-state index is 0.215. The summed E-state index contributed by atoms with van der Waals surface area (Å²) < 4.78 is 5.26. The van der Waals surface area contributed by atoms with Crippen molar-refractivity contribution in [2.75, 3.05) is 0 Å². The Morgan fingerprint density at radius 3 is 3.23 bits per heavy atom.